The maximum atomic E-state index is 9.60. The summed E-state index contributed by atoms with van der Waals surface area (Å²) >= 11 is 0. The van der Waals surface area contributed by atoms with E-state index in [0.29, 0.717) is 13.0 Å². The first-order chi connectivity index (χ1) is 12.1. The lowest BCUT2D eigenvalue weighted by atomic mass is 10.1. The molecule has 0 atom stereocenters. The number of rotatable bonds is 5. The lowest BCUT2D eigenvalue weighted by molar-refractivity contribution is -0.137. The molecule has 136 valence electrons. The zero-order valence-corrected chi connectivity index (χ0v) is 15.4. The van der Waals surface area contributed by atoms with Gasteiger partial charge in [-0.15, -0.1) is 0 Å². The zero-order chi connectivity index (χ0) is 18.5. The maximum Gasteiger partial charge on any atom is 0.303 e. The molecule has 0 saturated carbocycles. The van der Waals surface area contributed by atoms with E-state index in [1.807, 2.05) is 6.92 Å². The lowest BCUT2D eigenvalue weighted by Gasteiger charge is -1.98. The highest BCUT2D eigenvalue weighted by Crippen LogP contribution is 2.35. The van der Waals surface area contributed by atoms with E-state index in [1.165, 1.54) is 28.7 Å². The van der Waals surface area contributed by atoms with Crippen LogP contribution in [0.1, 0.15) is 57.1 Å². The Morgan fingerprint density at radius 3 is 1.72 bits per heavy atom. The number of carbonyl (C=O) groups is 1. The molecule has 25 heavy (non-hydrogen) atoms. The van der Waals surface area contributed by atoms with E-state index in [1.54, 1.807) is 0 Å². The minimum Gasteiger partial charge on any atom is -0.481 e. The van der Waals surface area contributed by atoms with Gasteiger partial charge in [0.1, 0.15) is 0 Å². The van der Waals surface area contributed by atoms with Crippen LogP contribution in [0.5, 0.6) is 0 Å². The molecule has 3 heteroatoms. The smallest absolute Gasteiger partial charge is 0.303 e. The van der Waals surface area contributed by atoms with E-state index in [9.17, 15) is 4.79 Å². The van der Waals surface area contributed by atoms with Crippen LogP contribution in [0.4, 0.5) is 0 Å². The van der Waals surface area contributed by atoms with Gasteiger partial charge in [0.25, 0.3) is 0 Å². The molecule has 0 aromatic heterocycles. The lowest BCUT2D eigenvalue weighted by Crippen LogP contribution is -1.90. The number of fused-ring (bicyclic) bond motifs is 3. The fourth-order valence-electron chi connectivity index (χ4n) is 2.66. The summed E-state index contributed by atoms with van der Waals surface area (Å²) in [5, 5.41) is 16.1. The second-order valence-corrected chi connectivity index (χ2v) is 6.07. The number of carboxylic acids is 1. The number of aliphatic hydroxyl groups is 1. The van der Waals surface area contributed by atoms with Crippen molar-refractivity contribution in [1.82, 2.24) is 0 Å². The Kier molecular flexibility index (Phi) is 10.3. The van der Waals surface area contributed by atoms with Crippen LogP contribution in [0.2, 0.25) is 0 Å². The summed E-state index contributed by atoms with van der Waals surface area (Å²) < 4.78 is 0. The van der Waals surface area contributed by atoms with Crippen LogP contribution in [-0.2, 0) is 11.2 Å². The fraction of sp³-hybridized carbons (Fsp3) is 0.409. The highest BCUT2D eigenvalue weighted by molar-refractivity contribution is 5.76. The minimum absolute atomic E-state index is 0.292. The molecule has 1 aliphatic carbocycles. The van der Waals surface area contributed by atoms with Crippen molar-refractivity contribution in [3.05, 3.63) is 59.7 Å². The number of aliphatic hydroxyl groups excluding tert-OH is 1. The molecule has 0 bridgehead atoms. The molecule has 0 radical (unpaired) electrons. The highest BCUT2D eigenvalue weighted by Gasteiger charge is 2.15. The van der Waals surface area contributed by atoms with E-state index >= 15 is 0 Å². The average molecular weight is 342 g/mol. The van der Waals surface area contributed by atoms with Crippen LogP contribution < -0.4 is 0 Å². The molecule has 0 aliphatic heterocycles. The van der Waals surface area contributed by atoms with Gasteiger partial charge in [0.15, 0.2) is 0 Å². The Hall–Kier alpha value is -2.13. The van der Waals surface area contributed by atoms with Crippen LogP contribution in [0.3, 0.4) is 0 Å². The normalized spacial score (nSPS) is 10.5. The minimum atomic E-state index is -0.711. The largest absolute Gasteiger partial charge is 0.481 e. The van der Waals surface area contributed by atoms with E-state index in [4.69, 9.17) is 10.2 Å². The summed E-state index contributed by atoms with van der Waals surface area (Å²) in [6.07, 6.45) is 5.45. The predicted octanol–water partition coefficient (Wildman–Crippen LogP) is 5.30. The molecule has 2 aromatic rings. The highest BCUT2D eigenvalue weighted by atomic mass is 16.4. The Balaban J connectivity index is 0.000000222. The number of benzene rings is 2. The monoisotopic (exact) mass is 342 g/mol. The Morgan fingerprint density at radius 1 is 0.880 bits per heavy atom. The molecular formula is C22H30O3. The maximum absolute atomic E-state index is 9.60. The molecule has 0 unspecified atom stereocenters. The van der Waals surface area contributed by atoms with Crippen LogP contribution in [-0.4, -0.2) is 22.8 Å². The van der Waals surface area contributed by atoms with Gasteiger partial charge in [0.05, 0.1) is 0 Å². The number of unbranched alkanes of at least 4 members (excludes halogenated alkanes) is 2. The zero-order valence-electron chi connectivity index (χ0n) is 15.4. The Morgan fingerprint density at radius 2 is 1.40 bits per heavy atom. The molecule has 3 rings (SSSR count). The molecule has 2 N–H and O–H groups in total. The number of carboxylic acid groups (broad SMARTS) is 1. The predicted molar refractivity (Wildman–Crippen MR) is 104 cm³/mol. The number of hydrogen-bond acceptors (Lipinski definition) is 2. The van der Waals surface area contributed by atoms with Crippen LogP contribution in [0.25, 0.3) is 11.1 Å². The first-order valence-corrected chi connectivity index (χ1v) is 9.12. The molecule has 1 aliphatic rings. The number of hydrogen-bond donors (Lipinski definition) is 2. The fourth-order valence-corrected chi connectivity index (χ4v) is 2.66. The average Bonchev–Trinajstić information content (AvgIpc) is 2.99. The van der Waals surface area contributed by atoms with Crippen LogP contribution in [0.15, 0.2) is 48.5 Å². The molecule has 2 aromatic carbocycles. The van der Waals surface area contributed by atoms with E-state index < -0.39 is 5.97 Å². The van der Waals surface area contributed by atoms with Gasteiger partial charge < -0.3 is 10.2 Å². The van der Waals surface area contributed by atoms with E-state index in [0.717, 1.165) is 25.7 Å². The van der Waals surface area contributed by atoms with Crippen molar-refractivity contribution >= 4 is 5.97 Å². The summed E-state index contributed by atoms with van der Waals surface area (Å²) in [4.78, 5) is 9.60. The SMILES string of the molecule is CCCC(=O)O.CCCCCO.c1ccc2c(c1)Cc1ccccc1-2. The topological polar surface area (TPSA) is 57.5 Å². The summed E-state index contributed by atoms with van der Waals surface area (Å²) in [5.41, 5.74) is 5.75. The second-order valence-electron chi connectivity index (χ2n) is 6.07. The molecule has 0 amide bonds. The third-order valence-electron chi connectivity index (χ3n) is 3.93. The summed E-state index contributed by atoms with van der Waals surface area (Å²) in [7, 11) is 0. The summed E-state index contributed by atoms with van der Waals surface area (Å²) in [6, 6.07) is 17.3. The molecule has 0 heterocycles. The van der Waals surface area contributed by atoms with Crippen molar-refractivity contribution < 1.29 is 15.0 Å². The van der Waals surface area contributed by atoms with Crippen molar-refractivity contribution in [1.29, 1.82) is 0 Å². The van der Waals surface area contributed by atoms with Crippen molar-refractivity contribution in [3.8, 4) is 11.1 Å². The Labute approximate surface area is 151 Å². The molecule has 3 nitrogen and oxygen atoms in total. The van der Waals surface area contributed by atoms with Crippen molar-refractivity contribution in [2.45, 2.75) is 52.4 Å². The molecule has 0 saturated heterocycles. The molecule has 0 spiro atoms. The van der Waals surface area contributed by atoms with Gasteiger partial charge in [0, 0.05) is 13.0 Å². The molecule has 0 fully saturated rings. The van der Waals surface area contributed by atoms with Gasteiger partial charge in [0.2, 0.25) is 0 Å². The van der Waals surface area contributed by atoms with Gasteiger partial charge in [-0.2, -0.15) is 0 Å². The van der Waals surface area contributed by atoms with Gasteiger partial charge >= 0.3 is 5.97 Å². The van der Waals surface area contributed by atoms with Crippen molar-refractivity contribution in [2.24, 2.45) is 0 Å². The summed E-state index contributed by atoms with van der Waals surface area (Å²) in [5.74, 6) is -0.711. The Bertz CT molecular complexity index is 587. The van der Waals surface area contributed by atoms with Crippen molar-refractivity contribution in [3.63, 3.8) is 0 Å². The van der Waals surface area contributed by atoms with Crippen molar-refractivity contribution in [2.75, 3.05) is 6.61 Å². The molecular weight excluding hydrogens is 312 g/mol. The van der Waals surface area contributed by atoms with E-state index in [2.05, 4.69) is 55.5 Å². The van der Waals surface area contributed by atoms with Gasteiger partial charge in [-0.1, -0.05) is 75.2 Å². The summed E-state index contributed by atoms with van der Waals surface area (Å²) in [6.45, 7) is 4.32. The number of aliphatic carboxylic acids is 1. The van der Waals surface area contributed by atoms with E-state index in [-0.39, 0.29) is 0 Å². The van der Waals surface area contributed by atoms with Crippen LogP contribution in [0, 0.1) is 0 Å². The van der Waals surface area contributed by atoms with Gasteiger partial charge in [-0.05, 0) is 41.5 Å². The third kappa shape index (κ3) is 7.53. The first-order valence-electron chi connectivity index (χ1n) is 9.12. The second kappa shape index (κ2) is 12.3. The van der Waals surface area contributed by atoms with Gasteiger partial charge in [-0.3, -0.25) is 4.79 Å². The van der Waals surface area contributed by atoms with Crippen LogP contribution >= 0.6 is 0 Å². The standard InChI is InChI=1S/C13H10.C5H12O.C4H8O2/c1-3-7-12-10(5-1)9-11-6-2-4-8-13(11)12;1-2-3-4-5-6;1-2-3-4(5)6/h1-8H,9H2;6H,2-5H2,1H3;2-3H2,1H3,(H,5,6). The quantitative estimate of drug-likeness (QED) is 0.619. The van der Waals surface area contributed by atoms with Gasteiger partial charge in [-0.25, -0.2) is 0 Å². The third-order valence-corrected chi connectivity index (χ3v) is 3.93. The first kappa shape index (κ1) is 20.9.